The number of nitrogens with one attached hydrogen (secondary N) is 1. The number of thiol groups is 1. The highest BCUT2D eigenvalue weighted by Crippen LogP contribution is 2.29. The van der Waals surface area contributed by atoms with Crippen LogP contribution in [0.25, 0.3) is 0 Å². The minimum absolute atomic E-state index is 0.172. The van der Waals surface area contributed by atoms with E-state index >= 15 is 0 Å². The zero-order chi connectivity index (χ0) is 11.4. The lowest BCUT2D eigenvalue weighted by Gasteiger charge is -2.08. The van der Waals surface area contributed by atoms with Crippen LogP contribution >= 0.6 is 35.8 Å². The van der Waals surface area contributed by atoms with Crippen molar-refractivity contribution in [3.8, 4) is 0 Å². The molecule has 1 aromatic carbocycles. The second-order valence-electron chi connectivity index (χ2n) is 2.64. The first kappa shape index (κ1) is 12.5. The molecule has 0 unspecified atom stereocenters. The Morgan fingerprint density at radius 3 is 2.40 bits per heavy atom. The van der Waals surface area contributed by atoms with E-state index in [1.165, 1.54) is 7.11 Å². The third-order valence-electron chi connectivity index (χ3n) is 1.71. The van der Waals surface area contributed by atoms with E-state index in [-0.39, 0.29) is 15.6 Å². The Balaban J connectivity index is 3.15. The smallest absolute Gasteiger partial charge is 0.340 e. The zero-order valence-electron chi connectivity index (χ0n) is 7.88. The number of ether oxygens (including phenoxy) is 1. The first-order valence-electron chi connectivity index (χ1n) is 4.02. The number of hydrogen-bond acceptors (Lipinski definition) is 4. The van der Waals surface area contributed by atoms with Crippen LogP contribution < -0.4 is 5.32 Å². The standard InChI is InChI=1S/C9H9Cl2NO2S/c1-14-9(13)8-6(10)2-5(12-4-15)3-7(8)11/h2-3,12,15H,4H2,1H3. The lowest BCUT2D eigenvalue weighted by atomic mass is 10.2. The first-order valence-corrected chi connectivity index (χ1v) is 5.41. The number of carbonyl (C=O) groups is 1. The summed E-state index contributed by atoms with van der Waals surface area (Å²) in [4.78, 5) is 11.3. The van der Waals surface area contributed by atoms with Gasteiger partial charge in [0.25, 0.3) is 0 Å². The van der Waals surface area contributed by atoms with Gasteiger partial charge < -0.3 is 10.1 Å². The molecule has 1 N–H and O–H groups in total. The number of methoxy groups -OCH3 is 1. The van der Waals surface area contributed by atoms with Crippen molar-refractivity contribution in [3.63, 3.8) is 0 Å². The highest BCUT2D eigenvalue weighted by Gasteiger charge is 2.16. The van der Waals surface area contributed by atoms with E-state index in [2.05, 4.69) is 22.7 Å². The van der Waals surface area contributed by atoms with Gasteiger partial charge in [-0.25, -0.2) is 4.79 Å². The number of anilines is 1. The third-order valence-corrected chi connectivity index (χ3v) is 2.47. The molecule has 1 rings (SSSR count). The van der Waals surface area contributed by atoms with Gasteiger partial charge in [-0.3, -0.25) is 0 Å². The Labute approximate surface area is 103 Å². The van der Waals surface area contributed by atoms with Crippen molar-refractivity contribution in [2.45, 2.75) is 0 Å². The molecular weight excluding hydrogens is 257 g/mol. The van der Waals surface area contributed by atoms with Crippen LogP contribution in [0.2, 0.25) is 10.0 Å². The Hall–Kier alpha value is -0.580. The average Bonchev–Trinajstić information content (AvgIpc) is 2.16. The summed E-state index contributed by atoms with van der Waals surface area (Å²) in [5, 5.41) is 3.41. The van der Waals surface area contributed by atoms with Gasteiger partial charge in [-0.15, -0.1) is 0 Å². The lowest BCUT2D eigenvalue weighted by Crippen LogP contribution is -2.04. The fraction of sp³-hybridized carbons (Fsp3) is 0.222. The molecule has 0 aliphatic rings. The molecule has 3 nitrogen and oxygen atoms in total. The van der Waals surface area contributed by atoms with E-state index in [9.17, 15) is 4.79 Å². The Morgan fingerprint density at radius 2 is 2.00 bits per heavy atom. The monoisotopic (exact) mass is 265 g/mol. The molecular formula is C9H9Cl2NO2S. The van der Waals surface area contributed by atoms with Gasteiger partial charge in [-0.2, -0.15) is 12.6 Å². The summed E-state index contributed by atoms with van der Waals surface area (Å²) in [7, 11) is 1.27. The van der Waals surface area contributed by atoms with Crippen LogP contribution in [0.3, 0.4) is 0 Å². The van der Waals surface area contributed by atoms with Crippen molar-refractivity contribution >= 4 is 47.5 Å². The molecule has 15 heavy (non-hydrogen) atoms. The highest BCUT2D eigenvalue weighted by atomic mass is 35.5. The maximum absolute atomic E-state index is 11.3. The van der Waals surface area contributed by atoms with E-state index in [0.717, 1.165) is 0 Å². The van der Waals surface area contributed by atoms with Crippen LogP contribution in [0.15, 0.2) is 12.1 Å². The maximum Gasteiger partial charge on any atom is 0.340 e. The van der Waals surface area contributed by atoms with E-state index in [1.54, 1.807) is 12.1 Å². The Kier molecular flexibility index (Phi) is 4.57. The summed E-state index contributed by atoms with van der Waals surface area (Å²) >= 11 is 15.8. The Morgan fingerprint density at radius 1 is 1.47 bits per heavy atom. The molecule has 0 bridgehead atoms. The van der Waals surface area contributed by atoms with Crippen LogP contribution in [-0.2, 0) is 4.74 Å². The van der Waals surface area contributed by atoms with Gasteiger partial charge in [-0.1, -0.05) is 23.2 Å². The molecule has 0 amide bonds. The Bertz CT molecular complexity index is 361. The molecule has 0 spiro atoms. The first-order chi connectivity index (χ1) is 7.10. The number of halogens is 2. The van der Waals surface area contributed by atoms with Crippen molar-refractivity contribution in [2.75, 3.05) is 18.3 Å². The van der Waals surface area contributed by atoms with Crippen molar-refractivity contribution in [1.82, 2.24) is 0 Å². The summed E-state index contributed by atoms with van der Waals surface area (Å²) < 4.78 is 4.55. The summed E-state index contributed by atoms with van der Waals surface area (Å²) in [5.41, 5.74) is 0.873. The molecule has 0 saturated heterocycles. The maximum atomic E-state index is 11.3. The van der Waals surface area contributed by atoms with Gasteiger partial charge in [-0.05, 0) is 12.1 Å². The van der Waals surface area contributed by atoms with Crippen molar-refractivity contribution in [1.29, 1.82) is 0 Å². The van der Waals surface area contributed by atoms with E-state index in [0.29, 0.717) is 11.6 Å². The van der Waals surface area contributed by atoms with Gasteiger partial charge in [0.2, 0.25) is 0 Å². The van der Waals surface area contributed by atoms with E-state index in [4.69, 9.17) is 23.2 Å². The fourth-order valence-corrected chi connectivity index (χ4v) is 1.89. The molecule has 0 fully saturated rings. The minimum atomic E-state index is -0.553. The van der Waals surface area contributed by atoms with Gasteiger partial charge in [0.1, 0.15) is 0 Å². The normalized spacial score (nSPS) is 9.87. The predicted molar refractivity (Wildman–Crippen MR) is 65.3 cm³/mol. The number of hydrogen-bond donors (Lipinski definition) is 2. The van der Waals surface area contributed by atoms with Crippen LogP contribution in [0, 0.1) is 0 Å². The number of esters is 1. The number of rotatable bonds is 3. The second kappa shape index (κ2) is 5.49. The molecule has 0 saturated carbocycles. The molecule has 0 atom stereocenters. The molecule has 1 aromatic rings. The number of carbonyl (C=O) groups excluding carboxylic acids is 1. The van der Waals surface area contributed by atoms with Crippen molar-refractivity contribution in [3.05, 3.63) is 27.7 Å². The van der Waals surface area contributed by atoms with Crippen molar-refractivity contribution in [2.24, 2.45) is 0 Å². The van der Waals surface area contributed by atoms with Crippen LogP contribution in [0.5, 0.6) is 0 Å². The average molecular weight is 266 g/mol. The van der Waals surface area contributed by atoms with Gasteiger partial charge >= 0.3 is 5.97 Å². The van der Waals surface area contributed by atoms with Crippen LogP contribution in [0.4, 0.5) is 5.69 Å². The zero-order valence-corrected chi connectivity index (χ0v) is 10.3. The van der Waals surface area contributed by atoms with Gasteiger partial charge in [0.15, 0.2) is 0 Å². The topological polar surface area (TPSA) is 38.3 Å². The lowest BCUT2D eigenvalue weighted by molar-refractivity contribution is 0.0601. The second-order valence-corrected chi connectivity index (χ2v) is 3.77. The summed E-state index contributed by atoms with van der Waals surface area (Å²) in [6.45, 7) is 0. The fourth-order valence-electron chi connectivity index (χ4n) is 1.06. The third kappa shape index (κ3) is 2.93. The largest absolute Gasteiger partial charge is 0.465 e. The predicted octanol–water partition coefficient (Wildman–Crippen LogP) is 3.08. The summed E-state index contributed by atoms with van der Waals surface area (Å²) in [6, 6.07) is 3.19. The van der Waals surface area contributed by atoms with Gasteiger partial charge in [0, 0.05) is 5.69 Å². The summed E-state index contributed by atoms with van der Waals surface area (Å²) in [6.07, 6.45) is 0. The van der Waals surface area contributed by atoms with E-state index in [1.807, 2.05) is 0 Å². The molecule has 82 valence electrons. The summed E-state index contributed by atoms with van der Waals surface area (Å²) in [5.74, 6) is -0.105. The van der Waals surface area contributed by atoms with Crippen molar-refractivity contribution < 1.29 is 9.53 Å². The van der Waals surface area contributed by atoms with E-state index < -0.39 is 5.97 Å². The molecule has 0 heterocycles. The van der Waals surface area contributed by atoms with Crippen LogP contribution in [0.1, 0.15) is 10.4 Å². The molecule has 0 aliphatic carbocycles. The minimum Gasteiger partial charge on any atom is -0.465 e. The van der Waals surface area contributed by atoms with Gasteiger partial charge in [0.05, 0.1) is 28.6 Å². The highest BCUT2D eigenvalue weighted by molar-refractivity contribution is 7.80. The SMILES string of the molecule is COC(=O)c1c(Cl)cc(NCS)cc1Cl. The molecule has 0 radical (unpaired) electrons. The quantitative estimate of drug-likeness (QED) is 0.501. The number of benzene rings is 1. The molecule has 0 aromatic heterocycles. The van der Waals surface area contributed by atoms with Crippen LogP contribution in [-0.4, -0.2) is 19.0 Å². The molecule has 6 heteroatoms. The molecule has 0 aliphatic heterocycles.